The van der Waals surface area contributed by atoms with Crippen molar-refractivity contribution in [3.63, 3.8) is 0 Å². The lowest BCUT2D eigenvalue weighted by Gasteiger charge is -2.30. The molecule has 0 aliphatic rings. The third-order valence-corrected chi connectivity index (χ3v) is 3.11. The zero-order chi connectivity index (χ0) is 14.5. The second-order valence-electron chi connectivity index (χ2n) is 4.41. The van der Waals surface area contributed by atoms with Gasteiger partial charge >= 0.3 is 5.97 Å². The van der Waals surface area contributed by atoms with Gasteiger partial charge in [-0.25, -0.2) is 8.78 Å². The largest absolute Gasteiger partial charge is 0.465 e. The molecule has 5 heteroatoms. The molecule has 1 unspecified atom stereocenters. The van der Waals surface area contributed by atoms with Gasteiger partial charge in [-0.3, -0.25) is 4.79 Å². The van der Waals surface area contributed by atoms with Crippen LogP contribution in [0.4, 0.5) is 8.78 Å². The molecule has 19 heavy (non-hydrogen) atoms. The minimum atomic E-state index is -1.19. The number of halogens is 2. The van der Waals surface area contributed by atoms with E-state index in [-0.39, 0.29) is 18.7 Å². The molecule has 0 spiro atoms. The van der Waals surface area contributed by atoms with E-state index < -0.39 is 23.0 Å². The normalized spacial score (nSPS) is 13.9. The van der Waals surface area contributed by atoms with Gasteiger partial charge in [0.15, 0.2) is 0 Å². The molecular weight excluding hydrogens is 252 g/mol. The molecule has 0 heterocycles. The first-order valence-electron chi connectivity index (χ1n) is 6.34. The number of carbonyl (C=O) groups excluding carboxylic acids is 1. The molecule has 0 bridgehead atoms. The highest BCUT2D eigenvalue weighted by Gasteiger charge is 2.40. The summed E-state index contributed by atoms with van der Waals surface area (Å²) < 4.78 is 31.7. The summed E-state index contributed by atoms with van der Waals surface area (Å²) in [6, 6.07) is 3.05. The van der Waals surface area contributed by atoms with Crippen molar-refractivity contribution in [1.82, 2.24) is 0 Å². The quantitative estimate of drug-likeness (QED) is 0.809. The van der Waals surface area contributed by atoms with Gasteiger partial charge in [-0.1, -0.05) is 13.3 Å². The Balaban J connectivity index is 3.32. The van der Waals surface area contributed by atoms with Gasteiger partial charge < -0.3 is 10.5 Å². The number of ether oxygens (including phenoxy) is 1. The zero-order valence-corrected chi connectivity index (χ0v) is 11.2. The number of benzene rings is 1. The standard InChI is InChI=1S/C14H19F2NO2/c1-3-5-14(9-17,13(18)19-4-2)10-6-11(15)8-12(16)7-10/h6-8H,3-5,9,17H2,1-2H3. The van der Waals surface area contributed by atoms with Crippen LogP contribution in [0.1, 0.15) is 32.3 Å². The maximum Gasteiger partial charge on any atom is 0.317 e. The van der Waals surface area contributed by atoms with Gasteiger partial charge in [-0.15, -0.1) is 0 Å². The Morgan fingerprint density at radius 3 is 2.26 bits per heavy atom. The first-order valence-corrected chi connectivity index (χ1v) is 6.34. The molecule has 0 radical (unpaired) electrons. The van der Waals surface area contributed by atoms with Crippen molar-refractivity contribution in [1.29, 1.82) is 0 Å². The second kappa shape index (κ2) is 6.61. The lowest BCUT2D eigenvalue weighted by Crippen LogP contribution is -2.44. The third-order valence-electron chi connectivity index (χ3n) is 3.11. The molecule has 0 saturated heterocycles. The van der Waals surface area contributed by atoms with E-state index in [4.69, 9.17) is 10.5 Å². The Kier molecular flexibility index (Phi) is 5.42. The Morgan fingerprint density at radius 1 is 1.26 bits per heavy atom. The molecule has 1 aromatic carbocycles. The van der Waals surface area contributed by atoms with Gasteiger partial charge in [-0.2, -0.15) is 0 Å². The Hall–Kier alpha value is -1.49. The topological polar surface area (TPSA) is 52.3 Å². The highest BCUT2D eigenvalue weighted by Crippen LogP contribution is 2.31. The van der Waals surface area contributed by atoms with Crippen LogP contribution in [0.3, 0.4) is 0 Å². The van der Waals surface area contributed by atoms with Crippen molar-refractivity contribution in [2.24, 2.45) is 5.73 Å². The van der Waals surface area contributed by atoms with Crippen molar-refractivity contribution in [2.45, 2.75) is 32.1 Å². The summed E-state index contributed by atoms with van der Waals surface area (Å²) in [5.74, 6) is -1.99. The summed E-state index contributed by atoms with van der Waals surface area (Å²) in [4.78, 5) is 12.2. The molecule has 106 valence electrons. The van der Waals surface area contributed by atoms with Crippen LogP contribution in [0.2, 0.25) is 0 Å². The molecular formula is C14H19F2NO2. The van der Waals surface area contributed by atoms with Crippen LogP contribution >= 0.6 is 0 Å². The summed E-state index contributed by atoms with van der Waals surface area (Å²) >= 11 is 0. The number of hydrogen-bond acceptors (Lipinski definition) is 3. The van der Waals surface area contributed by atoms with E-state index in [2.05, 4.69) is 0 Å². The summed E-state index contributed by atoms with van der Waals surface area (Å²) in [6.07, 6.45) is 1.03. The maximum absolute atomic E-state index is 13.4. The Labute approximate surface area is 111 Å². The van der Waals surface area contributed by atoms with Crippen LogP contribution in [0.15, 0.2) is 18.2 Å². The summed E-state index contributed by atoms with van der Waals surface area (Å²) in [7, 11) is 0. The van der Waals surface area contributed by atoms with Gasteiger partial charge in [0.2, 0.25) is 0 Å². The number of hydrogen-bond donors (Lipinski definition) is 1. The fraction of sp³-hybridized carbons (Fsp3) is 0.500. The van der Waals surface area contributed by atoms with E-state index >= 15 is 0 Å². The highest BCUT2D eigenvalue weighted by molar-refractivity contribution is 5.83. The molecule has 0 aliphatic carbocycles. The van der Waals surface area contributed by atoms with Crippen molar-refractivity contribution in [2.75, 3.05) is 13.2 Å². The van der Waals surface area contributed by atoms with Crippen molar-refractivity contribution in [3.8, 4) is 0 Å². The molecule has 1 rings (SSSR count). The average Bonchev–Trinajstić information content (AvgIpc) is 2.35. The summed E-state index contributed by atoms with van der Waals surface area (Å²) in [5.41, 5.74) is 4.75. The van der Waals surface area contributed by atoms with E-state index in [1.165, 1.54) is 0 Å². The lowest BCUT2D eigenvalue weighted by molar-refractivity contribution is -0.150. The van der Waals surface area contributed by atoms with Crippen molar-refractivity contribution >= 4 is 5.97 Å². The molecule has 0 saturated carbocycles. The second-order valence-corrected chi connectivity index (χ2v) is 4.41. The van der Waals surface area contributed by atoms with E-state index in [0.717, 1.165) is 18.2 Å². The first-order chi connectivity index (χ1) is 9.00. The van der Waals surface area contributed by atoms with Crippen LogP contribution in [0.25, 0.3) is 0 Å². The van der Waals surface area contributed by atoms with Gasteiger partial charge in [-0.05, 0) is 31.0 Å². The van der Waals surface area contributed by atoms with E-state index in [0.29, 0.717) is 12.8 Å². The van der Waals surface area contributed by atoms with E-state index in [1.807, 2.05) is 6.92 Å². The monoisotopic (exact) mass is 271 g/mol. The summed E-state index contributed by atoms with van der Waals surface area (Å²) in [6.45, 7) is 3.70. The fourth-order valence-electron chi connectivity index (χ4n) is 2.19. The van der Waals surface area contributed by atoms with Crippen LogP contribution in [-0.4, -0.2) is 19.1 Å². The first kappa shape index (κ1) is 15.6. The number of nitrogens with two attached hydrogens (primary N) is 1. The van der Waals surface area contributed by atoms with E-state index in [1.54, 1.807) is 6.92 Å². The number of rotatable bonds is 6. The lowest BCUT2D eigenvalue weighted by atomic mass is 9.76. The third kappa shape index (κ3) is 3.29. The minimum absolute atomic E-state index is 0.0530. The molecule has 3 nitrogen and oxygen atoms in total. The van der Waals surface area contributed by atoms with Crippen molar-refractivity contribution in [3.05, 3.63) is 35.4 Å². The Bertz CT molecular complexity index is 431. The van der Waals surface area contributed by atoms with Crippen molar-refractivity contribution < 1.29 is 18.3 Å². The number of carbonyl (C=O) groups is 1. The SMILES string of the molecule is CCCC(CN)(C(=O)OCC)c1cc(F)cc(F)c1. The highest BCUT2D eigenvalue weighted by atomic mass is 19.1. The fourth-order valence-corrected chi connectivity index (χ4v) is 2.19. The summed E-state index contributed by atoms with van der Waals surface area (Å²) in [5, 5.41) is 0. The molecule has 1 atom stereocenters. The molecule has 0 fully saturated rings. The zero-order valence-electron chi connectivity index (χ0n) is 11.2. The van der Waals surface area contributed by atoms with Gasteiger partial charge in [0, 0.05) is 12.6 Å². The maximum atomic E-state index is 13.4. The predicted molar refractivity (Wildman–Crippen MR) is 68.6 cm³/mol. The molecule has 0 aliphatic heterocycles. The molecule has 0 aromatic heterocycles. The van der Waals surface area contributed by atoms with Crippen LogP contribution in [0.5, 0.6) is 0 Å². The molecule has 2 N–H and O–H groups in total. The minimum Gasteiger partial charge on any atom is -0.465 e. The van der Waals surface area contributed by atoms with E-state index in [9.17, 15) is 13.6 Å². The number of esters is 1. The van der Waals surface area contributed by atoms with Gasteiger partial charge in [0.1, 0.15) is 17.0 Å². The average molecular weight is 271 g/mol. The predicted octanol–water partition coefficient (Wildman–Crippen LogP) is 2.52. The van der Waals surface area contributed by atoms with Crippen LogP contribution in [-0.2, 0) is 14.9 Å². The molecule has 1 aromatic rings. The van der Waals surface area contributed by atoms with Crippen LogP contribution < -0.4 is 5.73 Å². The smallest absolute Gasteiger partial charge is 0.317 e. The molecule has 0 amide bonds. The van der Waals surface area contributed by atoms with Gasteiger partial charge in [0.25, 0.3) is 0 Å². The van der Waals surface area contributed by atoms with Crippen LogP contribution in [0, 0.1) is 11.6 Å². The van der Waals surface area contributed by atoms with Gasteiger partial charge in [0.05, 0.1) is 6.61 Å². The Morgan fingerprint density at radius 2 is 1.84 bits per heavy atom.